The van der Waals surface area contributed by atoms with Crippen molar-refractivity contribution >= 4 is 5.91 Å². The second-order valence-electron chi connectivity index (χ2n) is 3.37. The number of carbonyl (C=O) groups excluding carboxylic acids is 1. The number of hydrogen-bond acceptors (Lipinski definition) is 3. The Labute approximate surface area is 94.7 Å². The number of phenols is 1. The highest BCUT2D eigenvalue weighted by molar-refractivity contribution is 5.79. The van der Waals surface area contributed by atoms with Crippen LogP contribution in [0, 0.1) is 11.3 Å². The molecule has 0 atom stereocenters. The summed E-state index contributed by atoms with van der Waals surface area (Å²) in [6, 6.07) is 8.66. The highest BCUT2D eigenvalue weighted by Crippen LogP contribution is 2.16. The van der Waals surface area contributed by atoms with E-state index >= 15 is 0 Å². The average molecular weight is 218 g/mol. The van der Waals surface area contributed by atoms with E-state index in [-0.39, 0.29) is 24.6 Å². The molecule has 1 amide bonds. The largest absolute Gasteiger partial charge is 0.508 e. The molecule has 0 spiro atoms. The molecule has 0 bridgehead atoms. The zero-order valence-corrected chi connectivity index (χ0v) is 9.18. The molecule has 1 rings (SSSR count). The number of rotatable bonds is 4. The Morgan fingerprint density at radius 3 is 2.75 bits per heavy atom. The van der Waals surface area contributed by atoms with E-state index in [4.69, 9.17) is 5.26 Å². The molecule has 1 aromatic carbocycles. The number of para-hydroxylation sites is 1. The van der Waals surface area contributed by atoms with Crippen LogP contribution in [0.3, 0.4) is 0 Å². The first-order valence-corrected chi connectivity index (χ1v) is 5.10. The summed E-state index contributed by atoms with van der Waals surface area (Å²) in [7, 11) is 0. The lowest BCUT2D eigenvalue weighted by Crippen LogP contribution is -2.32. The maximum atomic E-state index is 11.7. The van der Waals surface area contributed by atoms with Crippen LogP contribution in [0.25, 0.3) is 0 Å². The van der Waals surface area contributed by atoms with Crippen LogP contribution in [0.2, 0.25) is 0 Å². The van der Waals surface area contributed by atoms with Crippen LogP contribution in [0.5, 0.6) is 5.75 Å². The van der Waals surface area contributed by atoms with Gasteiger partial charge in [-0.2, -0.15) is 5.26 Å². The number of hydrogen-bond donors (Lipinski definition) is 1. The number of phenolic OH excluding ortho intramolecular Hbond substituents is 1. The number of nitrogens with zero attached hydrogens (tertiary/aromatic N) is 2. The molecule has 0 aliphatic rings. The van der Waals surface area contributed by atoms with Crippen LogP contribution in [-0.2, 0) is 11.2 Å². The van der Waals surface area contributed by atoms with Crippen LogP contribution in [0.4, 0.5) is 0 Å². The van der Waals surface area contributed by atoms with E-state index in [1.54, 1.807) is 24.3 Å². The molecule has 0 aliphatic carbocycles. The molecule has 0 aromatic heterocycles. The Bertz CT molecular complexity index is 410. The number of nitriles is 1. The maximum absolute atomic E-state index is 11.7. The van der Waals surface area contributed by atoms with Crippen LogP contribution in [0.15, 0.2) is 24.3 Å². The first-order chi connectivity index (χ1) is 7.69. The monoisotopic (exact) mass is 218 g/mol. The van der Waals surface area contributed by atoms with Gasteiger partial charge in [-0.3, -0.25) is 4.79 Å². The summed E-state index contributed by atoms with van der Waals surface area (Å²) in [6.07, 6.45) is 0.127. The Balaban J connectivity index is 2.71. The fraction of sp³-hybridized carbons (Fsp3) is 0.333. The summed E-state index contributed by atoms with van der Waals surface area (Å²) in [5, 5.41) is 18.1. The molecular weight excluding hydrogens is 204 g/mol. The van der Waals surface area contributed by atoms with Crippen molar-refractivity contribution in [3.63, 3.8) is 0 Å². The van der Waals surface area contributed by atoms with Gasteiger partial charge in [-0.1, -0.05) is 18.2 Å². The first kappa shape index (κ1) is 12.1. The molecule has 0 saturated carbocycles. The molecule has 0 radical (unpaired) electrons. The Hall–Kier alpha value is -2.02. The van der Waals surface area contributed by atoms with E-state index in [0.29, 0.717) is 12.1 Å². The average Bonchev–Trinajstić information content (AvgIpc) is 2.29. The fourth-order valence-electron chi connectivity index (χ4n) is 1.40. The molecule has 16 heavy (non-hydrogen) atoms. The van der Waals surface area contributed by atoms with Crippen molar-refractivity contribution in [2.24, 2.45) is 0 Å². The van der Waals surface area contributed by atoms with Gasteiger partial charge in [-0.15, -0.1) is 0 Å². The van der Waals surface area contributed by atoms with Gasteiger partial charge in [0.05, 0.1) is 12.5 Å². The second kappa shape index (κ2) is 5.76. The van der Waals surface area contributed by atoms with E-state index in [1.807, 2.05) is 13.0 Å². The minimum absolute atomic E-state index is 0.0862. The third-order valence-corrected chi connectivity index (χ3v) is 2.33. The normalized spacial score (nSPS) is 9.50. The Kier molecular flexibility index (Phi) is 4.34. The zero-order valence-electron chi connectivity index (χ0n) is 9.18. The number of aromatic hydroxyl groups is 1. The summed E-state index contributed by atoms with van der Waals surface area (Å²) in [5.74, 6) is -0.0330. The lowest BCUT2D eigenvalue weighted by molar-refractivity contribution is -0.129. The van der Waals surface area contributed by atoms with E-state index in [2.05, 4.69) is 0 Å². The van der Waals surface area contributed by atoms with Gasteiger partial charge in [-0.25, -0.2) is 0 Å². The van der Waals surface area contributed by atoms with Crippen LogP contribution < -0.4 is 0 Å². The standard InChI is InChI=1S/C12H14N2O2/c1-2-14(8-7-13)12(16)9-10-5-3-4-6-11(10)15/h3-6,15H,2,8-9H2,1H3. The topological polar surface area (TPSA) is 64.3 Å². The van der Waals surface area contributed by atoms with Gasteiger partial charge in [0, 0.05) is 12.1 Å². The molecule has 84 valence electrons. The highest BCUT2D eigenvalue weighted by atomic mass is 16.3. The lowest BCUT2D eigenvalue weighted by atomic mass is 10.1. The van der Waals surface area contributed by atoms with Gasteiger partial charge in [0.2, 0.25) is 5.91 Å². The molecule has 0 saturated heterocycles. The van der Waals surface area contributed by atoms with Crippen LogP contribution in [-0.4, -0.2) is 29.0 Å². The molecule has 4 nitrogen and oxygen atoms in total. The number of likely N-dealkylation sites (N-methyl/N-ethyl adjacent to an activating group) is 1. The van der Waals surface area contributed by atoms with Gasteiger partial charge in [0.1, 0.15) is 12.3 Å². The van der Waals surface area contributed by atoms with Gasteiger partial charge in [0.25, 0.3) is 0 Å². The molecule has 0 fully saturated rings. The van der Waals surface area contributed by atoms with E-state index < -0.39 is 0 Å². The summed E-state index contributed by atoms with van der Waals surface area (Å²) in [5.41, 5.74) is 0.587. The van der Waals surface area contributed by atoms with Crippen molar-refractivity contribution in [1.29, 1.82) is 5.26 Å². The number of amides is 1. The van der Waals surface area contributed by atoms with Gasteiger partial charge < -0.3 is 10.0 Å². The second-order valence-corrected chi connectivity index (χ2v) is 3.37. The molecule has 1 N–H and O–H groups in total. The summed E-state index contributed by atoms with van der Waals surface area (Å²) in [6.45, 7) is 2.41. The van der Waals surface area contributed by atoms with E-state index in [0.717, 1.165) is 0 Å². The van der Waals surface area contributed by atoms with Crippen molar-refractivity contribution in [2.75, 3.05) is 13.1 Å². The minimum atomic E-state index is -0.148. The van der Waals surface area contributed by atoms with Gasteiger partial charge >= 0.3 is 0 Å². The fourth-order valence-corrected chi connectivity index (χ4v) is 1.40. The molecule has 1 aromatic rings. The molecule has 0 unspecified atom stereocenters. The molecule has 4 heteroatoms. The lowest BCUT2D eigenvalue weighted by Gasteiger charge is -2.17. The van der Waals surface area contributed by atoms with Crippen molar-refractivity contribution in [1.82, 2.24) is 4.90 Å². The molecular formula is C12H14N2O2. The minimum Gasteiger partial charge on any atom is -0.508 e. The number of benzene rings is 1. The predicted molar refractivity (Wildman–Crippen MR) is 59.7 cm³/mol. The van der Waals surface area contributed by atoms with Gasteiger partial charge in [-0.05, 0) is 13.0 Å². The van der Waals surface area contributed by atoms with Crippen molar-refractivity contribution in [3.8, 4) is 11.8 Å². The quantitative estimate of drug-likeness (QED) is 0.775. The third-order valence-electron chi connectivity index (χ3n) is 2.33. The maximum Gasteiger partial charge on any atom is 0.227 e. The molecule has 0 aliphatic heterocycles. The summed E-state index contributed by atoms with van der Waals surface area (Å²) < 4.78 is 0. The highest BCUT2D eigenvalue weighted by Gasteiger charge is 2.13. The summed E-state index contributed by atoms with van der Waals surface area (Å²) in [4.78, 5) is 13.2. The Morgan fingerprint density at radius 1 is 1.50 bits per heavy atom. The molecule has 0 heterocycles. The van der Waals surface area contributed by atoms with E-state index in [1.165, 1.54) is 4.90 Å². The van der Waals surface area contributed by atoms with Crippen molar-refractivity contribution < 1.29 is 9.90 Å². The summed E-state index contributed by atoms with van der Waals surface area (Å²) >= 11 is 0. The van der Waals surface area contributed by atoms with Crippen LogP contribution in [0.1, 0.15) is 12.5 Å². The zero-order chi connectivity index (χ0) is 12.0. The Morgan fingerprint density at radius 2 is 2.19 bits per heavy atom. The van der Waals surface area contributed by atoms with Crippen LogP contribution >= 0.6 is 0 Å². The first-order valence-electron chi connectivity index (χ1n) is 5.10. The predicted octanol–water partition coefficient (Wildman–Crippen LogP) is 1.31. The van der Waals surface area contributed by atoms with Gasteiger partial charge in [0.15, 0.2) is 0 Å². The van der Waals surface area contributed by atoms with E-state index in [9.17, 15) is 9.90 Å². The van der Waals surface area contributed by atoms with Crippen molar-refractivity contribution in [2.45, 2.75) is 13.3 Å². The SMILES string of the molecule is CCN(CC#N)C(=O)Cc1ccccc1O. The smallest absolute Gasteiger partial charge is 0.227 e. The third kappa shape index (κ3) is 2.99. The number of carbonyl (C=O) groups is 1. The van der Waals surface area contributed by atoms with Crippen molar-refractivity contribution in [3.05, 3.63) is 29.8 Å².